The number of nitrogens with zero attached hydrogens (tertiary/aromatic N) is 4. The van der Waals surface area contributed by atoms with Gasteiger partial charge in [-0.15, -0.1) is 0 Å². The van der Waals surface area contributed by atoms with Crippen molar-refractivity contribution in [2.45, 2.75) is 155 Å². The lowest BCUT2D eigenvalue weighted by atomic mass is 10.1. The number of nitro benzene ring substituents is 1. The number of benzene rings is 1. The number of rotatable bonds is 20. The molecule has 0 amide bonds. The standard InChI is InChI=1S/C45H61N5O20P2/c1-7-14-34(52)66-39-32-23-62-72(59,70-27(6)28-18-12-13-19-29(28)50(56)57)26-71(58,63-25-60-33(51)11-5)61-22-31-40(67-35(53)15-8-2)42(69-37(55)17-10-4)45(65-31)49-24-47-38-30(49)20-21-48(43(38)46)44(64-32)41(39)68-36(54)16-9-3/h12-13,18-21,24,27,31-32,39-42,44-46H,7-11,14-17,22-23,25-26H2,1-6H3/t27?,31-,32+,39+,40-,41+,42-,44+,45-,71?,72?/m1/s1. The van der Waals surface area contributed by atoms with E-state index in [1.54, 1.807) is 27.7 Å². The molecule has 0 spiro atoms. The summed E-state index contributed by atoms with van der Waals surface area (Å²) < 4.78 is 99.1. The molecular formula is C45H61N5O20P2. The molecule has 396 valence electrons. The second-order valence-electron chi connectivity index (χ2n) is 17.0. The number of carbonyl (C=O) groups is 5. The van der Waals surface area contributed by atoms with E-state index >= 15 is 9.13 Å². The normalized spacial score (nSPS) is 27.6. The number of hydrogen-bond donors (Lipinski definition) is 1. The fraction of sp³-hybridized carbons (Fsp3) is 0.622. The van der Waals surface area contributed by atoms with Crippen molar-refractivity contribution in [3.8, 4) is 0 Å². The first kappa shape index (κ1) is 55.9. The van der Waals surface area contributed by atoms with Crippen LogP contribution in [0.5, 0.6) is 0 Å². The van der Waals surface area contributed by atoms with Crippen LogP contribution in [-0.4, -0.2) is 111 Å². The maximum absolute atomic E-state index is 15.5. The maximum Gasteiger partial charge on any atom is 0.345 e. The van der Waals surface area contributed by atoms with Crippen molar-refractivity contribution in [2.24, 2.45) is 0 Å². The third kappa shape index (κ3) is 13.4. The minimum atomic E-state index is -5.10. The molecule has 3 unspecified atom stereocenters. The highest BCUT2D eigenvalue weighted by molar-refractivity contribution is 7.71. The Bertz CT molecular complexity index is 2610. The van der Waals surface area contributed by atoms with Crippen LogP contribution >= 0.6 is 15.2 Å². The maximum atomic E-state index is 15.5. The fourth-order valence-electron chi connectivity index (χ4n) is 8.19. The highest BCUT2D eigenvalue weighted by atomic mass is 31.2. The molecule has 0 aliphatic carbocycles. The lowest BCUT2D eigenvalue weighted by molar-refractivity contribution is -0.386. The lowest BCUT2D eigenvalue weighted by Gasteiger charge is -2.29. The molecule has 1 N–H and O–H groups in total. The molecule has 6 heterocycles. The summed E-state index contributed by atoms with van der Waals surface area (Å²) in [5.74, 6) is -4.96. The third-order valence-corrected chi connectivity index (χ3v) is 16.6. The number of para-hydroxylation sites is 1. The third-order valence-electron chi connectivity index (χ3n) is 11.6. The average molecular weight is 1050 g/mol. The molecule has 27 heteroatoms. The minimum Gasteiger partial charge on any atom is -0.455 e. The smallest absolute Gasteiger partial charge is 0.345 e. The molecular weight excluding hydrogens is 992 g/mol. The van der Waals surface area contributed by atoms with Crippen molar-refractivity contribution in [3.05, 3.63) is 64.0 Å². The molecule has 72 heavy (non-hydrogen) atoms. The predicted octanol–water partition coefficient (Wildman–Crippen LogP) is 6.96. The number of hydrogen-bond acceptors (Lipinski definition) is 22. The summed E-state index contributed by atoms with van der Waals surface area (Å²) in [6.07, 6.45) is -9.39. The Hall–Kier alpha value is -5.39. The van der Waals surface area contributed by atoms with Crippen molar-refractivity contribution in [3.63, 3.8) is 0 Å². The number of aromatic nitrogens is 3. The van der Waals surface area contributed by atoms with Crippen molar-refractivity contribution < 1.29 is 89.3 Å². The largest absolute Gasteiger partial charge is 0.455 e. The monoisotopic (exact) mass is 1050 g/mol. The van der Waals surface area contributed by atoms with Gasteiger partial charge >= 0.3 is 45.0 Å². The Kier molecular flexibility index (Phi) is 19.4. The molecule has 0 radical (unpaired) electrons. The number of ether oxygens (including phenoxy) is 7. The van der Waals surface area contributed by atoms with Crippen LogP contribution in [0.15, 0.2) is 42.9 Å². The average Bonchev–Trinajstić information content (AvgIpc) is 4.01. The molecule has 2 aromatic heterocycles. The Labute approximate surface area is 414 Å². The van der Waals surface area contributed by atoms with Gasteiger partial charge in [-0.1, -0.05) is 46.8 Å². The first-order chi connectivity index (χ1) is 34.4. The summed E-state index contributed by atoms with van der Waals surface area (Å²) in [6.45, 7) is 7.08. The van der Waals surface area contributed by atoms with E-state index in [4.69, 9.17) is 51.3 Å². The van der Waals surface area contributed by atoms with Crippen LogP contribution in [0.25, 0.3) is 11.0 Å². The van der Waals surface area contributed by atoms with Gasteiger partial charge in [0.2, 0.25) is 6.79 Å². The van der Waals surface area contributed by atoms with Gasteiger partial charge in [0.15, 0.2) is 48.3 Å². The molecule has 3 aromatic rings. The van der Waals surface area contributed by atoms with Crippen LogP contribution in [0.2, 0.25) is 0 Å². The van der Waals surface area contributed by atoms with Crippen molar-refractivity contribution in [1.29, 1.82) is 5.41 Å². The van der Waals surface area contributed by atoms with Gasteiger partial charge in [0.25, 0.3) is 5.69 Å². The van der Waals surface area contributed by atoms with Gasteiger partial charge in [0.1, 0.15) is 17.7 Å². The van der Waals surface area contributed by atoms with Crippen LogP contribution in [0.1, 0.15) is 123 Å². The fourth-order valence-corrected chi connectivity index (χ4v) is 12.8. The molecule has 4 aliphatic heterocycles. The molecule has 2 fully saturated rings. The second kappa shape index (κ2) is 25.0. The Morgan fingerprint density at radius 2 is 1.25 bits per heavy atom. The quantitative estimate of drug-likeness (QED) is 0.0298. The number of nitrogens with one attached hydrogen (secondary N) is 1. The molecule has 1 aromatic carbocycles. The van der Waals surface area contributed by atoms with Crippen molar-refractivity contribution in [1.82, 2.24) is 14.1 Å². The molecule has 2 saturated heterocycles. The van der Waals surface area contributed by atoms with Crippen molar-refractivity contribution >= 4 is 61.8 Å². The summed E-state index contributed by atoms with van der Waals surface area (Å²) in [4.78, 5) is 81.6. The number of nitro groups is 1. The van der Waals surface area contributed by atoms with E-state index in [-0.39, 0.29) is 54.2 Å². The molecule has 0 saturated carbocycles. The zero-order chi connectivity index (χ0) is 52.3. The van der Waals surface area contributed by atoms with E-state index < -0.39 is 137 Å². The Balaban J connectivity index is 1.56. The molecule has 8 bridgehead atoms. The van der Waals surface area contributed by atoms with Gasteiger partial charge in [0, 0.05) is 44.4 Å². The van der Waals surface area contributed by atoms with E-state index in [1.165, 1.54) is 65.8 Å². The summed E-state index contributed by atoms with van der Waals surface area (Å²) >= 11 is 0. The summed E-state index contributed by atoms with van der Waals surface area (Å²) in [6, 6.07) is 6.90. The van der Waals surface area contributed by atoms with E-state index in [1.807, 2.05) is 0 Å². The second-order valence-corrected chi connectivity index (χ2v) is 21.6. The first-order valence-electron chi connectivity index (χ1n) is 23.8. The summed E-state index contributed by atoms with van der Waals surface area (Å²) in [5.41, 5.74) is -0.575. The van der Waals surface area contributed by atoms with Gasteiger partial charge < -0.3 is 46.8 Å². The number of pyridine rings is 1. The minimum absolute atomic E-state index is 0.0166. The van der Waals surface area contributed by atoms with E-state index in [0.717, 1.165) is 0 Å². The number of imidazole rings is 1. The van der Waals surface area contributed by atoms with Gasteiger partial charge in [0.05, 0.1) is 41.6 Å². The Morgan fingerprint density at radius 1 is 0.750 bits per heavy atom. The number of carbonyl (C=O) groups excluding carboxylic acids is 5. The molecule has 7 rings (SSSR count). The Morgan fingerprint density at radius 3 is 1.76 bits per heavy atom. The highest BCUT2D eigenvalue weighted by Crippen LogP contribution is 2.66. The van der Waals surface area contributed by atoms with Crippen LogP contribution in [0, 0.1) is 15.5 Å². The lowest BCUT2D eigenvalue weighted by Crippen LogP contribution is -2.42. The molecule has 4 aliphatic rings. The molecule has 11 atom stereocenters. The SMILES string of the molecule is CCCC(=O)O[C@@H]1[C@H](OC(=O)CCC)[C@@H]2O[C@H]1COP(=O)(OC(C)c1ccccc1[N+](=O)[O-])CP(=O)(OCOC(=O)CC)OC[C@H]1O[C@H]([C@H](OC(=O)CCC)[C@@H]1OC(=O)CCC)n1cnc3c(=N)n2ccc31. The highest BCUT2D eigenvalue weighted by Gasteiger charge is 2.55. The van der Waals surface area contributed by atoms with Gasteiger partial charge in [-0.05, 0) is 44.7 Å². The van der Waals surface area contributed by atoms with Gasteiger partial charge in [-0.3, -0.25) is 62.2 Å². The van der Waals surface area contributed by atoms with Crippen LogP contribution < -0.4 is 5.49 Å². The molecule has 25 nitrogen and oxygen atoms in total. The zero-order valence-electron chi connectivity index (χ0n) is 40.8. The van der Waals surface area contributed by atoms with Crippen LogP contribution in [-0.2, 0) is 84.4 Å². The predicted molar refractivity (Wildman–Crippen MR) is 247 cm³/mol. The number of esters is 5. The topological polar surface area (TPSA) is 311 Å². The zero-order valence-corrected chi connectivity index (χ0v) is 42.6. The van der Waals surface area contributed by atoms with Crippen LogP contribution in [0.3, 0.4) is 0 Å². The summed E-state index contributed by atoms with van der Waals surface area (Å²) in [5, 5.41) is 21.6. The van der Waals surface area contributed by atoms with Gasteiger partial charge in [-0.25, -0.2) is 4.98 Å². The van der Waals surface area contributed by atoms with Crippen molar-refractivity contribution in [2.75, 3.05) is 25.9 Å². The number of fused-ring (bicyclic) bond motifs is 7. The first-order valence-corrected chi connectivity index (χ1v) is 27.2. The van der Waals surface area contributed by atoms with E-state index in [9.17, 15) is 39.5 Å². The van der Waals surface area contributed by atoms with E-state index in [0.29, 0.717) is 25.7 Å². The van der Waals surface area contributed by atoms with Gasteiger partial charge in [-0.2, -0.15) is 0 Å². The van der Waals surface area contributed by atoms with E-state index in [2.05, 4.69) is 4.98 Å². The van der Waals surface area contributed by atoms with Crippen LogP contribution in [0.4, 0.5) is 5.69 Å². The summed E-state index contributed by atoms with van der Waals surface area (Å²) in [7, 11) is -10.1.